The van der Waals surface area contributed by atoms with Crippen LogP contribution in [0.1, 0.15) is 33.3 Å². The van der Waals surface area contributed by atoms with Crippen LogP contribution in [0.25, 0.3) is 0 Å². The van der Waals surface area contributed by atoms with Gasteiger partial charge in [-0.3, -0.25) is 14.4 Å². The minimum absolute atomic E-state index is 0.167. The first-order valence-electron chi connectivity index (χ1n) is 12.2. The van der Waals surface area contributed by atoms with Crippen LogP contribution in [-0.4, -0.2) is 23.0 Å². The second-order valence-electron chi connectivity index (χ2n) is 8.82. The molecule has 0 radical (unpaired) electrons. The lowest BCUT2D eigenvalue weighted by atomic mass is 10.1. The van der Waals surface area contributed by atoms with Gasteiger partial charge in [0.05, 0.1) is 22.1 Å². The predicted molar refractivity (Wildman–Crippen MR) is 162 cm³/mol. The maximum Gasteiger partial charge on any atom is 0.266 e. The molecule has 1 aromatic heterocycles. The van der Waals surface area contributed by atoms with Crippen LogP contribution in [0.5, 0.6) is 0 Å². The van der Waals surface area contributed by atoms with Crippen LogP contribution in [0.4, 0.5) is 16.4 Å². The van der Waals surface area contributed by atoms with Crippen LogP contribution in [-0.2, 0) is 16.0 Å². The summed E-state index contributed by atoms with van der Waals surface area (Å²) in [6.07, 6.45) is 0.208. The highest BCUT2D eigenvalue weighted by atomic mass is 35.5. The Morgan fingerprint density at radius 1 is 0.950 bits per heavy atom. The molecule has 1 heterocycles. The number of hydrogen-bond acceptors (Lipinski definition) is 6. The highest BCUT2D eigenvalue weighted by molar-refractivity contribution is 8.00. The standard InChI is InChI=1S/C30H25ClN4O3S2/c1-18-25(17-32)30(40-27(18)29(38)34-22-7-4-3-5-8-22)35-28(37)19(2)39-24-10-6-9-23(16-24)33-26(36)15-20-11-13-21(31)14-12-20/h3-14,16,19H,15H2,1-2H3,(H,33,36)(H,34,38)(H,35,37). The van der Waals surface area contributed by atoms with Gasteiger partial charge in [-0.05, 0) is 67.4 Å². The first kappa shape index (κ1) is 28.9. The molecule has 40 heavy (non-hydrogen) atoms. The third kappa shape index (κ3) is 7.51. The molecule has 0 saturated carbocycles. The molecular formula is C30H25ClN4O3S2. The largest absolute Gasteiger partial charge is 0.326 e. The summed E-state index contributed by atoms with van der Waals surface area (Å²) in [5.41, 5.74) is 2.88. The zero-order chi connectivity index (χ0) is 28.6. The number of benzene rings is 3. The number of para-hydroxylation sites is 1. The molecule has 4 rings (SSSR count). The Morgan fingerprint density at radius 3 is 2.35 bits per heavy atom. The summed E-state index contributed by atoms with van der Waals surface area (Å²) < 4.78 is 0. The molecule has 3 amide bonds. The van der Waals surface area contributed by atoms with Gasteiger partial charge in [-0.25, -0.2) is 0 Å². The van der Waals surface area contributed by atoms with Gasteiger partial charge in [-0.15, -0.1) is 23.1 Å². The molecular weight excluding hydrogens is 564 g/mol. The summed E-state index contributed by atoms with van der Waals surface area (Å²) in [6.45, 7) is 3.44. The number of halogens is 1. The number of carbonyl (C=O) groups excluding carboxylic acids is 3. The van der Waals surface area contributed by atoms with E-state index in [0.717, 1.165) is 21.8 Å². The maximum absolute atomic E-state index is 13.0. The molecule has 4 aromatic rings. The number of amides is 3. The van der Waals surface area contributed by atoms with E-state index >= 15 is 0 Å². The van der Waals surface area contributed by atoms with Gasteiger partial charge in [0.15, 0.2) is 0 Å². The Bertz CT molecular complexity index is 1580. The second-order valence-corrected chi connectivity index (χ2v) is 11.7. The quantitative estimate of drug-likeness (QED) is 0.180. The van der Waals surface area contributed by atoms with Gasteiger partial charge in [0, 0.05) is 21.3 Å². The Kier molecular flexibility index (Phi) is 9.61. The smallest absolute Gasteiger partial charge is 0.266 e. The van der Waals surface area contributed by atoms with E-state index in [0.29, 0.717) is 31.8 Å². The van der Waals surface area contributed by atoms with Crippen LogP contribution in [0.3, 0.4) is 0 Å². The molecule has 3 aromatic carbocycles. The van der Waals surface area contributed by atoms with E-state index in [1.807, 2.05) is 24.3 Å². The molecule has 1 unspecified atom stereocenters. The Labute approximate surface area is 245 Å². The SMILES string of the molecule is Cc1c(C(=O)Nc2ccccc2)sc(NC(=O)C(C)Sc2cccc(NC(=O)Cc3ccc(Cl)cc3)c2)c1C#N. The molecule has 3 N–H and O–H groups in total. The highest BCUT2D eigenvalue weighted by Gasteiger charge is 2.23. The van der Waals surface area contributed by atoms with Crippen LogP contribution in [0, 0.1) is 18.3 Å². The fourth-order valence-corrected chi connectivity index (χ4v) is 5.88. The molecule has 0 saturated heterocycles. The van der Waals surface area contributed by atoms with Crippen molar-refractivity contribution in [2.75, 3.05) is 16.0 Å². The van der Waals surface area contributed by atoms with E-state index in [4.69, 9.17) is 11.6 Å². The second kappa shape index (κ2) is 13.3. The molecule has 0 aliphatic rings. The van der Waals surface area contributed by atoms with Crippen molar-refractivity contribution in [2.24, 2.45) is 0 Å². The fourth-order valence-electron chi connectivity index (χ4n) is 3.77. The van der Waals surface area contributed by atoms with Crippen molar-refractivity contribution in [3.63, 3.8) is 0 Å². The Hall–Kier alpha value is -4.10. The van der Waals surface area contributed by atoms with Gasteiger partial charge in [0.2, 0.25) is 11.8 Å². The minimum atomic E-state index is -0.518. The van der Waals surface area contributed by atoms with Gasteiger partial charge in [-0.1, -0.05) is 48.0 Å². The summed E-state index contributed by atoms with van der Waals surface area (Å²) in [6, 6.07) is 25.5. The predicted octanol–water partition coefficient (Wildman–Crippen LogP) is 7.13. The number of carbonyl (C=O) groups is 3. The van der Waals surface area contributed by atoms with Crippen molar-refractivity contribution in [3.8, 4) is 6.07 Å². The number of nitriles is 1. The van der Waals surface area contributed by atoms with Crippen molar-refractivity contribution in [2.45, 2.75) is 30.4 Å². The van der Waals surface area contributed by atoms with E-state index in [2.05, 4.69) is 22.0 Å². The average Bonchev–Trinajstić information content (AvgIpc) is 3.25. The van der Waals surface area contributed by atoms with E-state index in [1.165, 1.54) is 11.8 Å². The number of anilines is 3. The molecule has 0 spiro atoms. The molecule has 0 aliphatic carbocycles. The summed E-state index contributed by atoms with van der Waals surface area (Å²) >= 11 is 8.29. The van der Waals surface area contributed by atoms with Gasteiger partial charge >= 0.3 is 0 Å². The van der Waals surface area contributed by atoms with Gasteiger partial charge < -0.3 is 16.0 Å². The summed E-state index contributed by atoms with van der Waals surface area (Å²) in [5, 5.41) is 18.6. The number of nitrogens with zero attached hydrogens (tertiary/aromatic N) is 1. The minimum Gasteiger partial charge on any atom is -0.326 e. The van der Waals surface area contributed by atoms with Crippen molar-refractivity contribution < 1.29 is 14.4 Å². The zero-order valence-electron chi connectivity index (χ0n) is 21.7. The van der Waals surface area contributed by atoms with E-state index < -0.39 is 5.25 Å². The van der Waals surface area contributed by atoms with Crippen molar-refractivity contribution in [1.82, 2.24) is 0 Å². The number of hydrogen-bond donors (Lipinski definition) is 3. The molecule has 7 nitrogen and oxygen atoms in total. The zero-order valence-corrected chi connectivity index (χ0v) is 24.0. The first-order chi connectivity index (χ1) is 19.2. The molecule has 10 heteroatoms. The number of thiophene rings is 1. The van der Waals surface area contributed by atoms with Crippen molar-refractivity contribution in [3.05, 3.63) is 105 Å². The van der Waals surface area contributed by atoms with Crippen LogP contribution in [0.2, 0.25) is 5.02 Å². The van der Waals surface area contributed by atoms with E-state index in [1.54, 1.807) is 68.4 Å². The lowest BCUT2D eigenvalue weighted by Crippen LogP contribution is -2.22. The van der Waals surface area contributed by atoms with Gasteiger partial charge in [-0.2, -0.15) is 5.26 Å². The summed E-state index contributed by atoms with van der Waals surface area (Å²) in [7, 11) is 0. The topological polar surface area (TPSA) is 111 Å². The number of nitrogens with one attached hydrogen (secondary N) is 3. The Balaban J connectivity index is 1.38. The van der Waals surface area contributed by atoms with E-state index in [9.17, 15) is 19.6 Å². The fraction of sp³-hybridized carbons (Fsp3) is 0.133. The molecule has 1 atom stereocenters. The van der Waals surface area contributed by atoms with Crippen molar-refractivity contribution in [1.29, 1.82) is 5.26 Å². The number of thioether (sulfide) groups is 1. The van der Waals surface area contributed by atoms with Crippen molar-refractivity contribution >= 4 is 68.8 Å². The lowest BCUT2D eigenvalue weighted by molar-refractivity contribution is -0.116. The normalized spacial score (nSPS) is 11.2. The van der Waals surface area contributed by atoms with Crippen LogP contribution in [0.15, 0.2) is 83.8 Å². The highest BCUT2D eigenvalue weighted by Crippen LogP contribution is 2.34. The third-order valence-electron chi connectivity index (χ3n) is 5.81. The molecule has 0 aliphatic heterocycles. The first-order valence-corrected chi connectivity index (χ1v) is 14.3. The number of rotatable bonds is 9. The lowest BCUT2D eigenvalue weighted by Gasteiger charge is -2.13. The average molecular weight is 589 g/mol. The van der Waals surface area contributed by atoms with Gasteiger partial charge in [0.1, 0.15) is 11.1 Å². The molecule has 202 valence electrons. The third-order valence-corrected chi connectivity index (χ3v) is 8.36. The maximum atomic E-state index is 13.0. The van der Waals surface area contributed by atoms with Gasteiger partial charge in [0.25, 0.3) is 5.91 Å². The monoisotopic (exact) mass is 588 g/mol. The van der Waals surface area contributed by atoms with Crippen LogP contribution < -0.4 is 16.0 Å². The Morgan fingerprint density at radius 2 is 1.65 bits per heavy atom. The molecule has 0 fully saturated rings. The summed E-state index contributed by atoms with van der Waals surface area (Å²) in [4.78, 5) is 39.5. The van der Waals surface area contributed by atoms with Crippen LogP contribution >= 0.6 is 34.7 Å². The van der Waals surface area contributed by atoms with E-state index in [-0.39, 0.29) is 29.7 Å². The molecule has 0 bridgehead atoms. The summed E-state index contributed by atoms with van der Waals surface area (Å²) in [5.74, 6) is -0.822.